The van der Waals surface area contributed by atoms with E-state index in [1.807, 2.05) is 32.0 Å². The summed E-state index contributed by atoms with van der Waals surface area (Å²) >= 11 is 6.52. The molecule has 0 atom stereocenters. The fraction of sp³-hybridized carbons (Fsp3) is 0.381. The van der Waals surface area contributed by atoms with Crippen LogP contribution in [0.15, 0.2) is 35.3 Å². The van der Waals surface area contributed by atoms with Gasteiger partial charge in [-0.15, -0.1) is 0 Å². The first-order valence-electron chi connectivity index (χ1n) is 9.83. The van der Waals surface area contributed by atoms with Crippen molar-refractivity contribution in [2.24, 2.45) is 0 Å². The minimum atomic E-state index is -0.0422. The van der Waals surface area contributed by atoms with Crippen LogP contribution in [0.25, 0.3) is 11.0 Å². The van der Waals surface area contributed by atoms with Crippen LogP contribution in [0.2, 0.25) is 5.02 Å². The summed E-state index contributed by atoms with van der Waals surface area (Å²) in [6.07, 6.45) is 2.61. The van der Waals surface area contributed by atoms with E-state index < -0.39 is 0 Å². The molecule has 0 bridgehead atoms. The summed E-state index contributed by atoms with van der Waals surface area (Å²) in [6, 6.07) is 7.46. The molecular formula is C21H24ClN5O2. The Balaban J connectivity index is 1.64. The second kappa shape index (κ2) is 8.39. The van der Waals surface area contributed by atoms with Crippen molar-refractivity contribution in [3.05, 3.63) is 51.4 Å². The number of hydrogen-bond acceptors (Lipinski definition) is 6. The van der Waals surface area contributed by atoms with Gasteiger partial charge in [0.2, 0.25) is 5.95 Å². The highest BCUT2D eigenvalue weighted by Gasteiger charge is 2.15. The van der Waals surface area contributed by atoms with Crippen molar-refractivity contribution in [3.8, 4) is 0 Å². The van der Waals surface area contributed by atoms with Crippen LogP contribution in [0.5, 0.6) is 0 Å². The second-order valence-corrected chi connectivity index (χ2v) is 7.55. The Hall–Kier alpha value is -2.64. The van der Waals surface area contributed by atoms with Gasteiger partial charge in [-0.3, -0.25) is 9.36 Å². The summed E-state index contributed by atoms with van der Waals surface area (Å²) in [5.74, 6) is 0.433. The first-order valence-corrected chi connectivity index (χ1v) is 10.2. The molecule has 1 N–H and O–H groups in total. The average molecular weight is 414 g/mol. The van der Waals surface area contributed by atoms with E-state index in [1.165, 1.54) is 0 Å². The quantitative estimate of drug-likeness (QED) is 0.686. The third-order valence-corrected chi connectivity index (χ3v) is 5.36. The van der Waals surface area contributed by atoms with E-state index in [0.717, 1.165) is 41.8 Å². The Morgan fingerprint density at radius 3 is 2.76 bits per heavy atom. The number of aryl methyl sites for hydroxylation is 2. The largest absolute Gasteiger partial charge is 0.378 e. The number of pyridine rings is 1. The van der Waals surface area contributed by atoms with E-state index in [2.05, 4.69) is 20.2 Å². The number of nitrogens with zero attached hydrogens (tertiary/aromatic N) is 4. The van der Waals surface area contributed by atoms with E-state index in [4.69, 9.17) is 16.3 Å². The third kappa shape index (κ3) is 4.06. The third-order valence-electron chi connectivity index (χ3n) is 5.06. The van der Waals surface area contributed by atoms with Crippen LogP contribution in [0.4, 0.5) is 17.3 Å². The van der Waals surface area contributed by atoms with Gasteiger partial charge < -0.3 is 15.0 Å². The van der Waals surface area contributed by atoms with Crippen LogP contribution in [-0.2, 0) is 11.3 Å². The van der Waals surface area contributed by atoms with Crippen LogP contribution < -0.4 is 15.8 Å². The maximum absolute atomic E-state index is 12.4. The maximum atomic E-state index is 12.4. The number of benzene rings is 1. The zero-order valence-electron chi connectivity index (χ0n) is 16.6. The number of rotatable bonds is 5. The molecule has 0 aliphatic carbocycles. The Morgan fingerprint density at radius 1 is 1.24 bits per heavy atom. The summed E-state index contributed by atoms with van der Waals surface area (Å²) in [4.78, 5) is 23.7. The number of fused-ring (bicyclic) bond motifs is 1. The van der Waals surface area contributed by atoms with Gasteiger partial charge in [0.15, 0.2) is 0 Å². The Morgan fingerprint density at radius 2 is 2.03 bits per heavy atom. The Kier molecular flexibility index (Phi) is 5.69. The lowest BCUT2D eigenvalue weighted by molar-refractivity contribution is 0.122. The van der Waals surface area contributed by atoms with Gasteiger partial charge in [-0.1, -0.05) is 18.5 Å². The second-order valence-electron chi connectivity index (χ2n) is 7.14. The van der Waals surface area contributed by atoms with Crippen LogP contribution in [0, 0.1) is 6.92 Å². The van der Waals surface area contributed by atoms with Crippen LogP contribution >= 0.6 is 11.6 Å². The molecule has 8 heteroatoms. The van der Waals surface area contributed by atoms with Gasteiger partial charge in [-0.2, -0.15) is 4.98 Å². The van der Waals surface area contributed by atoms with Crippen LogP contribution in [0.3, 0.4) is 0 Å². The number of aromatic nitrogens is 3. The number of morpholine rings is 1. The minimum Gasteiger partial charge on any atom is -0.378 e. The van der Waals surface area contributed by atoms with Gasteiger partial charge in [-0.25, -0.2) is 4.98 Å². The van der Waals surface area contributed by atoms with Crippen LogP contribution in [-0.4, -0.2) is 40.8 Å². The SMILES string of the molecule is CCCn1c(=O)cc(C)c2cnc(Nc3ccc(N4CCOCC4)c(Cl)c3)nc21. The Bertz CT molecular complexity index is 1090. The molecule has 0 spiro atoms. The molecular weight excluding hydrogens is 390 g/mol. The molecule has 7 nitrogen and oxygen atoms in total. The van der Waals surface area contributed by atoms with Crippen molar-refractivity contribution >= 4 is 40.0 Å². The van der Waals surface area contributed by atoms with Crippen LogP contribution in [0.1, 0.15) is 18.9 Å². The van der Waals surface area contributed by atoms with Crippen molar-refractivity contribution in [3.63, 3.8) is 0 Å². The van der Waals surface area contributed by atoms with Gasteiger partial charge in [-0.05, 0) is 37.1 Å². The molecule has 0 amide bonds. The standard InChI is InChI=1S/C21H24ClN5O2/c1-3-6-27-19(28)11-14(2)16-13-23-21(25-20(16)27)24-15-4-5-18(17(22)12-15)26-7-9-29-10-8-26/h4-5,11-13H,3,6-10H2,1-2H3,(H,23,24,25). The highest BCUT2D eigenvalue weighted by atomic mass is 35.5. The molecule has 2 aromatic heterocycles. The molecule has 1 aromatic carbocycles. The zero-order chi connectivity index (χ0) is 20.4. The smallest absolute Gasteiger partial charge is 0.252 e. The predicted octanol–water partition coefficient (Wildman–Crippen LogP) is 3.74. The van der Waals surface area contributed by atoms with Crippen molar-refractivity contribution in [2.75, 3.05) is 36.5 Å². The topological polar surface area (TPSA) is 72.3 Å². The monoisotopic (exact) mass is 413 g/mol. The summed E-state index contributed by atoms with van der Waals surface area (Å²) < 4.78 is 7.10. The van der Waals surface area contributed by atoms with Gasteiger partial charge in [0.25, 0.3) is 5.56 Å². The molecule has 3 heterocycles. The molecule has 1 aliphatic heterocycles. The molecule has 4 rings (SSSR count). The summed E-state index contributed by atoms with van der Waals surface area (Å²) in [6.45, 7) is 7.63. The molecule has 0 radical (unpaired) electrons. The minimum absolute atomic E-state index is 0.0422. The lowest BCUT2D eigenvalue weighted by Gasteiger charge is -2.29. The number of anilines is 3. The Labute approximate surface area is 174 Å². The van der Waals surface area contributed by atoms with Gasteiger partial charge >= 0.3 is 0 Å². The number of hydrogen-bond donors (Lipinski definition) is 1. The lowest BCUT2D eigenvalue weighted by atomic mass is 10.2. The molecule has 3 aromatic rings. The molecule has 0 saturated carbocycles. The van der Waals surface area contributed by atoms with Gasteiger partial charge in [0.1, 0.15) is 5.65 Å². The predicted molar refractivity (Wildman–Crippen MR) is 117 cm³/mol. The first kappa shape index (κ1) is 19.7. The van der Waals surface area contributed by atoms with Crippen molar-refractivity contribution in [1.82, 2.24) is 14.5 Å². The fourth-order valence-electron chi connectivity index (χ4n) is 3.58. The summed E-state index contributed by atoms with van der Waals surface area (Å²) in [5.41, 5.74) is 3.27. The van der Waals surface area contributed by atoms with Crippen molar-refractivity contribution < 1.29 is 4.74 Å². The van der Waals surface area contributed by atoms with E-state index in [9.17, 15) is 4.79 Å². The maximum Gasteiger partial charge on any atom is 0.252 e. The molecule has 29 heavy (non-hydrogen) atoms. The van der Waals surface area contributed by atoms with Crippen molar-refractivity contribution in [1.29, 1.82) is 0 Å². The molecule has 1 aliphatic rings. The molecule has 1 saturated heterocycles. The number of halogens is 1. The van der Waals surface area contributed by atoms with Gasteiger partial charge in [0.05, 0.1) is 23.9 Å². The number of ether oxygens (including phenoxy) is 1. The summed E-state index contributed by atoms with van der Waals surface area (Å²) in [7, 11) is 0. The lowest BCUT2D eigenvalue weighted by Crippen LogP contribution is -2.36. The van der Waals surface area contributed by atoms with E-state index >= 15 is 0 Å². The zero-order valence-corrected chi connectivity index (χ0v) is 17.4. The fourth-order valence-corrected chi connectivity index (χ4v) is 3.88. The van der Waals surface area contributed by atoms with Crippen molar-refractivity contribution in [2.45, 2.75) is 26.8 Å². The average Bonchev–Trinajstić information content (AvgIpc) is 2.72. The highest BCUT2D eigenvalue weighted by Crippen LogP contribution is 2.30. The summed E-state index contributed by atoms with van der Waals surface area (Å²) in [5, 5.41) is 4.75. The number of nitrogens with one attached hydrogen (secondary N) is 1. The molecule has 152 valence electrons. The molecule has 1 fully saturated rings. The van der Waals surface area contributed by atoms with Gasteiger partial charge in [0, 0.05) is 43.0 Å². The van der Waals surface area contributed by atoms with E-state index in [0.29, 0.717) is 36.4 Å². The normalized spacial score (nSPS) is 14.4. The first-order chi connectivity index (χ1) is 14.1. The molecule has 0 unspecified atom stereocenters. The van der Waals surface area contributed by atoms with E-state index in [-0.39, 0.29) is 5.56 Å². The highest BCUT2D eigenvalue weighted by molar-refractivity contribution is 6.33. The van der Waals surface area contributed by atoms with E-state index in [1.54, 1.807) is 16.8 Å².